The third kappa shape index (κ3) is 4.15. The number of hydrogen-bond donors (Lipinski definition) is 0. The standard InChI is InChI=1S/C8H7.C6H6S.Hg/c1-2-8-6-4-3-5-7-8;7-6-4-2-1-3-5-6;/h1-7H;1-5,7H;/q;;+1/p-1. The van der Waals surface area contributed by atoms with E-state index in [4.69, 9.17) is 0 Å². The van der Waals surface area contributed by atoms with E-state index >= 15 is 0 Å². The van der Waals surface area contributed by atoms with Crippen LogP contribution in [0.15, 0.2) is 69.1 Å². The molecule has 0 N–H and O–H groups in total. The van der Waals surface area contributed by atoms with Crippen LogP contribution >= 0.6 is 8.24 Å². The van der Waals surface area contributed by atoms with Gasteiger partial charge in [-0.25, -0.2) is 0 Å². The average molecular weight is 413 g/mol. The molecule has 0 saturated carbocycles. The van der Waals surface area contributed by atoms with Crippen LogP contribution in [0.4, 0.5) is 0 Å². The Kier molecular flexibility index (Phi) is 5.16. The minimum atomic E-state index is -0.919. The van der Waals surface area contributed by atoms with Crippen molar-refractivity contribution in [3.8, 4) is 0 Å². The second-order valence-electron chi connectivity index (χ2n) is 3.44. The fourth-order valence-corrected chi connectivity index (χ4v) is 9.94. The first kappa shape index (κ1) is 11.9. The molecular weight excluding hydrogens is 401 g/mol. The van der Waals surface area contributed by atoms with Crippen LogP contribution in [0.5, 0.6) is 0 Å². The molecule has 2 aromatic rings. The van der Waals surface area contributed by atoms with Crippen molar-refractivity contribution in [3.63, 3.8) is 0 Å². The molecule has 76 valence electrons. The zero-order chi connectivity index (χ0) is 11.1. The summed E-state index contributed by atoms with van der Waals surface area (Å²) in [6.45, 7) is 0. The first-order chi connectivity index (χ1) is 7.95. The van der Waals surface area contributed by atoms with Crippen LogP contribution < -0.4 is 0 Å². The summed E-state index contributed by atoms with van der Waals surface area (Å²) >= 11 is -0.919. The summed E-state index contributed by atoms with van der Waals surface area (Å²) in [7, 11) is 2.08. The zero-order valence-corrected chi connectivity index (χ0v) is 15.4. The SMILES string of the molecule is [CH](=C\c1ccccc1)/[Hg][S]c1ccccc1. The predicted molar refractivity (Wildman–Crippen MR) is 67.8 cm³/mol. The van der Waals surface area contributed by atoms with Crippen molar-refractivity contribution in [2.24, 2.45) is 0 Å². The molecule has 0 bridgehead atoms. The molecule has 2 aromatic carbocycles. The molecule has 0 fully saturated rings. The molecule has 0 aromatic heterocycles. The third-order valence-corrected chi connectivity index (χ3v) is 12.2. The Morgan fingerprint density at radius 3 is 2.12 bits per heavy atom. The van der Waals surface area contributed by atoms with Gasteiger partial charge in [-0.05, 0) is 0 Å². The predicted octanol–water partition coefficient (Wildman–Crippen LogP) is 4.45. The van der Waals surface area contributed by atoms with Gasteiger partial charge in [0.1, 0.15) is 0 Å². The molecule has 2 heteroatoms. The summed E-state index contributed by atoms with van der Waals surface area (Å²) in [5.41, 5.74) is 1.32. The molecule has 0 amide bonds. The van der Waals surface area contributed by atoms with E-state index in [0.29, 0.717) is 0 Å². The monoisotopic (exact) mass is 414 g/mol. The van der Waals surface area contributed by atoms with Crippen molar-refractivity contribution >= 4 is 14.3 Å². The van der Waals surface area contributed by atoms with Gasteiger partial charge in [-0.15, -0.1) is 0 Å². The van der Waals surface area contributed by atoms with Crippen molar-refractivity contribution in [1.29, 1.82) is 0 Å². The quantitative estimate of drug-likeness (QED) is 0.669. The van der Waals surface area contributed by atoms with E-state index in [1.165, 1.54) is 10.5 Å². The van der Waals surface area contributed by atoms with Gasteiger partial charge in [-0.3, -0.25) is 0 Å². The fraction of sp³-hybridized carbons (Fsp3) is 0. The molecule has 0 radical (unpaired) electrons. The average Bonchev–Trinajstić information content (AvgIpc) is 2.37. The maximum atomic E-state index is 2.42. The van der Waals surface area contributed by atoms with Gasteiger partial charge in [0.25, 0.3) is 0 Å². The van der Waals surface area contributed by atoms with Crippen LogP contribution in [-0.2, 0) is 23.1 Å². The molecular formula is C14H12HgS. The van der Waals surface area contributed by atoms with Gasteiger partial charge >= 0.3 is 112 Å². The first-order valence-corrected chi connectivity index (χ1v) is 16.2. The van der Waals surface area contributed by atoms with Crippen molar-refractivity contribution < 1.29 is 23.1 Å². The maximum absolute atomic E-state index is 2.42. The summed E-state index contributed by atoms with van der Waals surface area (Å²) in [5.74, 6) is 0. The van der Waals surface area contributed by atoms with Crippen LogP contribution in [0, 0.1) is 0 Å². The van der Waals surface area contributed by atoms with Crippen LogP contribution in [-0.4, -0.2) is 0 Å². The number of benzene rings is 2. The zero-order valence-electron chi connectivity index (χ0n) is 9.04. The Morgan fingerprint density at radius 1 is 0.812 bits per heavy atom. The van der Waals surface area contributed by atoms with E-state index in [1.54, 1.807) is 0 Å². The van der Waals surface area contributed by atoms with Gasteiger partial charge in [0.05, 0.1) is 0 Å². The Labute approximate surface area is 111 Å². The second kappa shape index (κ2) is 6.92. The summed E-state index contributed by atoms with van der Waals surface area (Å²) in [6, 6.07) is 21.2. The first-order valence-electron chi connectivity index (χ1n) is 5.34. The Balaban J connectivity index is 1.83. The normalized spacial score (nSPS) is 10.2. The summed E-state index contributed by atoms with van der Waals surface area (Å²) in [5, 5.41) is 0. The molecule has 2 rings (SSSR count). The van der Waals surface area contributed by atoms with E-state index in [0.717, 1.165) is 0 Å². The van der Waals surface area contributed by atoms with Crippen LogP contribution in [0.25, 0.3) is 6.08 Å². The van der Waals surface area contributed by atoms with E-state index in [9.17, 15) is 0 Å². The molecule has 0 aliphatic carbocycles. The fourth-order valence-electron chi connectivity index (χ4n) is 1.41. The molecule has 0 aliphatic rings. The van der Waals surface area contributed by atoms with Crippen molar-refractivity contribution in [2.45, 2.75) is 4.90 Å². The van der Waals surface area contributed by atoms with Gasteiger partial charge in [-0.2, -0.15) is 0 Å². The van der Waals surface area contributed by atoms with E-state index in [2.05, 4.69) is 78.6 Å². The van der Waals surface area contributed by atoms with Gasteiger partial charge in [0.2, 0.25) is 0 Å². The van der Waals surface area contributed by atoms with Crippen molar-refractivity contribution in [2.75, 3.05) is 0 Å². The molecule has 16 heavy (non-hydrogen) atoms. The molecule has 0 atom stereocenters. The molecule has 0 unspecified atom stereocenters. The van der Waals surface area contributed by atoms with Gasteiger partial charge in [0.15, 0.2) is 0 Å². The Bertz CT molecular complexity index is 437. The number of rotatable bonds is 4. The molecule has 0 saturated heterocycles. The molecule has 0 heterocycles. The summed E-state index contributed by atoms with van der Waals surface area (Å²) < 4.78 is 2.42. The van der Waals surface area contributed by atoms with Crippen LogP contribution in [0.3, 0.4) is 0 Å². The van der Waals surface area contributed by atoms with Gasteiger partial charge in [0, 0.05) is 0 Å². The number of hydrogen-bond acceptors (Lipinski definition) is 1. The van der Waals surface area contributed by atoms with Crippen molar-refractivity contribution in [3.05, 3.63) is 69.8 Å². The Morgan fingerprint density at radius 2 is 1.44 bits per heavy atom. The second-order valence-corrected chi connectivity index (χ2v) is 13.6. The molecule has 0 spiro atoms. The van der Waals surface area contributed by atoms with Crippen LogP contribution in [0.1, 0.15) is 5.56 Å². The van der Waals surface area contributed by atoms with Crippen LogP contribution in [0.2, 0.25) is 0 Å². The molecule has 0 aliphatic heterocycles. The minimum absolute atomic E-state index is 0.919. The third-order valence-electron chi connectivity index (χ3n) is 2.20. The van der Waals surface area contributed by atoms with Gasteiger partial charge < -0.3 is 0 Å². The summed E-state index contributed by atoms with van der Waals surface area (Å²) in [4.78, 5) is 1.42. The van der Waals surface area contributed by atoms with Gasteiger partial charge in [-0.1, -0.05) is 0 Å². The van der Waals surface area contributed by atoms with E-state index in [1.807, 2.05) is 0 Å². The summed E-state index contributed by atoms with van der Waals surface area (Å²) in [6.07, 6.45) is 2.26. The topological polar surface area (TPSA) is 0 Å². The van der Waals surface area contributed by atoms with E-state index < -0.39 is 23.1 Å². The van der Waals surface area contributed by atoms with Crippen molar-refractivity contribution in [1.82, 2.24) is 0 Å². The van der Waals surface area contributed by atoms with E-state index in [-0.39, 0.29) is 0 Å². The Hall–Kier alpha value is -0.535. The molecule has 0 nitrogen and oxygen atoms in total.